The summed E-state index contributed by atoms with van der Waals surface area (Å²) in [5.41, 5.74) is 1.41. The van der Waals surface area contributed by atoms with Crippen molar-refractivity contribution in [2.45, 2.75) is 64.0 Å². The minimum absolute atomic E-state index is 0. The van der Waals surface area contributed by atoms with Gasteiger partial charge in [-0.05, 0) is 64.0 Å². The van der Waals surface area contributed by atoms with Crippen molar-refractivity contribution in [3.8, 4) is 0 Å². The molecule has 0 spiro atoms. The van der Waals surface area contributed by atoms with Crippen molar-refractivity contribution < 1.29 is 4.79 Å². The van der Waals surface area contributed by atoms with Gasteiger partial charge in [0.05, 0.1) is 0 Å². The number of rotatable bonds is 5. The van der Waals surface area contributed by atoms with Gasteiger partial charge in [-0.1, -0.05) is 30.3 Å². The third-order valence-electron chi connectivity index (χ3n) is 5.48. The van der Waals surface area contributed by atoms with Crippen LogP contribution in [0.4, 0.5) is 0 Å². The maximum absolute atomic E-state index is 12.9. The normalized spacial score (nSPS) is 26.9. The molecule has 1 amide bonds. The molecular weight excluding hydrogens is 320 g/mol. The second kappa shape index (κ2) is 9.43. The van der Waals surface area contributed by atoms with Gasteiger partial charge in [-0.15, -0.1) is 12.4 Å². The number of carbonyl (C=O) groups excluding carboxylic acids is 1. The third kappa shape index (κ3) is 4.97. The highest BCUT2D eigenvalue weighted by Gasteiger charge is 2.34. The monoisotopic (exact) mass is 350 g/mol. The summed E-state index contributed by atoms with van der Waals surface area (Å²) in [5.74, 6) is 0.682. The highest BCUT2D eigenvalue weighted by Crippen LogP contribution is 2.27. The molecule has 2 aliphatic heterocycles. The smallest absolute Gasteiger partial charge is 0.226 e. The van der Waals surface area contributed by atoms with Crippen molar-refractivity contribution >= 4 is 18.3 Å². The molecule has 2 fully saturated rings. The lowest BCUT2D eigenvalue weighted by atomic mass is 9.91. The van der Waals surface area contributed by atoms with Gasteiger partial charge in [0.25, 0.3) is 0 Å². The van der Waals surface area contributed by atoms with Gasteiger partial charge in [-0.3, -0.25) is 4.79 Å². The first-order valence-corrected chi connectivity index (χ1v) is 9.32. The topological polar surface area (TPSA) is 32.3 Å². The third-order valence-corrected chi connectivity index (χ3v) is 5.48. The Morgan fingerprint density at radius 1 is 1.25 bits per heavy atom. The lowest BCUT2D eigenvalue weighted by molar-refractivity contribution is -0.137. The standard InChI is InChI=1S/C20H30N2O.ClH/c1-16-15-18(12-13-21-16)20(23)22-14-6-11-19(22)10-5-9-17-7-3-2-4-8-17;/h2-4,7-8,16,18-19,21H,5-6,9-15H2,1H3;1H/t16-,18-,19?;/m0./s1. The highest BCUT2D eigenvalue weighted by molar-refractivity contribution is 5.85. The number of aryl methyl sites for hydroxylation is 1. The van der Waals surface area contributed by atoms with E-state index in [1.54, 1.807) is 0 Å². The first kappa shape index (κ1) is 19.3. The van der Waals surface area contributed by atoms with Crippen molar-refractivity contribution in [2.75, 3.05) is 13.1 Å². The van der Waals surface area contributed by atoms with Gasteiger partial charge in [0.15, 0.2) is 0 Å². The Hall–Kier alpha value is -1.06. The number of hydrogen-bond donors (Lipinski definition) is 1. The maximum atomic E-state index is 12.9. The number of carbonyl (C=O) groups is 1. The zero-order valence-electron chi connectivity index (χ0n) is 14.7. The average molecular weight is 351 g/mol. The molecule has 3 atom stereocenters. The molecule has 1 aromatic carbocycles. The average Bonchev–Trinajstić information content (AvgIpc) is 3.03. The van der Waals surface area contributed by atoms with E-state index in [1.165, 1.54) is 24.8 Å². The zero-order valence-corrected chi connectivity index (χ0v) is 15.6. The van der Waals surface area contributed by atoms with Crippen LogP contribution in [-0.2, 0) is 11.2 Å². The fourth-order valence-corrected chi connectivity index (χ4v) is 4.20. The van der Waals surface area contributed by atoms with Crippen LogP contribution in [0.2, 0.25) is 0 Å². The summed E-state index contributed by atoms with van der Waals surface area (Å²) < 4.78 is 0. The molecule has 3 nitrogen and oxygen atoms in total. The summed E-state index contributed by atoms with van der Waals surface area (Å²) in [7, 11) is 0. The molecule has 24 heavy (non-hydrogen) atoms. The van der Waals surface area contributed by atoms with E-state index < -0.39 is 0 Å². The van der Waals surface area contributed by atoms with E-state index in [-0.39, 0.29) is 18.3 Å². The Balaban J connectivity index is 0.00000208. The molecule has 0 saturated carbocycles. The van der Waals surface area contributed by atoms with E-state index in [4.69, 9.17) is 0 Å². The Morgan fingerprint density at radius 3 is 2.79 bits per heavy atom. The molecule has 3 rings (SSSR count). The van der Waals surface area contributed by atoms with Gasteiger partial charge in [-0.25, -0.2) is 0 Å². The van der Waals surface area contributed by atoms with Crippen molar-refractivity contribution in [3.05, 3.63) is 35.9 Å². The van der Waals surface area contributed by atoms with E-state index in [0.717, 1.165) is 38.8 Å². The van der Waals surface area contributed by atoms with Crippen molar-refractivity contribution in [1.29, 1.82) is 0 Å². The predicted molar refractivity (Wildman–Crippen MR) is 102 cm³/mol. The first-order valence-electron chi connectivity index (χ1n) is 9.32. The zero-order chi connectivity index (χ0) is 16.1. The Bertz CT molecular complexity index is 508. The molecule has 0 aromatic heterocycles. The minimum atomic E-state index is 0. The molecule has 1 N–H and O–H groups in total. The van der Waals surface area contributed by atoms with Gasteiger partial charge in [0.1, 0.15) is 0 Å². The molecule has 1 aromatic rings. The van der Waals surface area contributed by atoms with Crippen LogP contribution in [0.25, 0.3) is 0 Å². The van der Waals surface area contributed by atoms with E-state index in [9.17, 15) is 4.79 Å². The molecule has 0 radical (unpaired) electrons. The molecule has 2 saturated heterocycles. The fourth-order valence-electron chi connectivity index (χ4n) is 4.20. The number of piperidine rings is 1. The molecule has 1 unspecified atom stereocenters. The SMILES string of the molecule is C[C@H]1C[C@@H](C(=O)N2CCCC2CCCc2ccccc2)CCN1.Cl. The molecular formula is C20H31ClN2O. The number of nitrogens with zero attached hydrogens (tertiary/aromatic N) is 1. The summed E-state index contributed by atoms with van der Waals surface area (Å²) >= 11 is 0. The second-order valence-corrected chi connectivity index (χ2v) is 7.28. The summed E-state index contributed by atoms with van der Waals surface area (Å²) in [4.78, 5) is 15.1. The Morgan fingerprint density at radius 2 is 2.04 bits per heavy atom. The number of benzene rings is 1. The van der Waals surface area contributed by atoms with E-state index in [1.807, 2.05) is 0 Å². The summed E-state index contributed by atoms with van der Waals surface area (Å²) in [6, 6.07) is 11.7. The minimum Gasteiger partial charge on any atom is -0.339 e. The van der Waals surface area contributed by atoms with Crippen LogP contribution in [0.15, 0.2) is 30.3 Å². The highest BCUT2D eigenvalue weighted by atomic mass is 35.5. The molecule has 2 heterocycles. The number of nitrogens with one attached hydrogen (secondary N) is 1. The fraction of sp³-hybridized carbons (Fsp3) is 0.650. The quantitative estimate of drug-likeness (QED) is 0.875. The largest absolute Gasteiger partial charge is 0.339 e. The van der Waals surface area contributed by atoms with Crippen molar-refractivity contribution in [2.24, 2.45) is 5.92 Å². The molecule has 4 heteroatoms. The van der Waals surface area contributed by atoms with E-state index >= 15 is 0 Å². The molecule has 0 aliphatic carbocycles. The van der Waals surface area contributed by atoms with Gasteiger partial charge in [-0.2, -0.15) is 0 Å². The van der Waals surface area contributed by atoms with Gasteiger partial charge in [0, 0.05) is 24.5 Å². The van der Waals surface area contributed by atoms with Crippen molar-refractivity contribution in [3.63, 3.8) is 0 Å². The number of halogens is 1. The van der Waals surface area contributed by atoms with Crippen LogP contribution in [0.5, 0.6) is 0 Å². The van der Waals surface area contributed by atoms with Gasteiger partial charge >= 0.3 is 0 Å². The first-order chi connectivity index (χ1) is 11.2. The summed E-state index contributed by atoms with van der Waals surface area (Å²) in [6.07, 6.45) is 7.86. The predicted octanol–water partition coefficient (Wildman–Crippen LogP) is 3.81. The van der Waals surface area contributed by atoms with Crippen molar-refractivity contribution in [1.82, 2.24) is 10.2 Å². The van der Waals surface area contributed by atoms with E-state index in [2.05, 4.69) is 47.5 Å². The number of likely N-dealkylation sites (tertiary alicyclic amines) is 1. The van der Waals surface area contributed by atoms with Crippen LogP contribution < -0.4 is 5.32 Å². The Kier molecular flexibility index (Phi) is 7.57. The van der Waals surface area contributed by atoms with Crippen LogP contribution in [-0.4, -0.2) is 36.0 Å². The van der Waals surface area contributed by atoms with Crippen LogP contribution >= 0.6 is 12.4 Å². The second-order valence-electron chi connectivity index (χ2n) is 7.28. The Labute approximate surface area is 152 Å². The molecule has 134 valence electrons. The van der Waals surface area contributed by atoms with Crippen LogP contribution in [0.3, 0.4) is 0 Å². The lowest BCUT2D eigenvalue weighted by Crippen LogP contribution is -2.45. The van der Waals surface area contributed by atoms with Gasteiger partial charge in [0.2, 0.25) is 5.91 Å². The number of amides is 1. The van der Waals surface area contributed by atoms with Gasteiger partial charge < -0.3 is 10.2 Å². The maximum Gasteiger partial charge on any atom is 0.226 e. The van der Waals surface area contributed by atoms with Crippen LogP contribution in [0, 0.1) is 5.92 Å². The summed E-state index contributed by atoms with van der Waals surface area (Å²) in [5, 5.41) is 3.45. The lowest BCUT2D eigenvalue weighted by Gasteiger charge is -2.33. The van der Waals surface area contributed by atoms with Crippen LogP contribution in [0.1, 0.15) is 51.0 Å². The summed E-state index contributed by atoms with van der Waals surface area (Å²) in [6.45, 7) is 4.16. The molecule has 0 bridgehead atoms. The molecule has 2 aliphatic rings. The van der Waals surface area contributed by atoms with E-state index in [0.29, 0.717) is 18.0 Å². The number of hydrogen-bond acceptors (Lipinski definition) is 2.